The molecule has 1 heterocycles. The second kappa shape index (κ2) is 9.69. The largest absolute Gasteiger partial charge is 0.507 e. The number of unbranched alkanes of at least 4 members (excludes halogenated alkanes) is 2. The number of aromatic hydroxyl groups is 1. The lowest BCUT2D eigenvalue weighted by Gasteiger charge is -2.10. The van der Waals surface area contributed by atoms with Crippen LogP contribution < -0.4 is 15.7 Å². The van der Waals surface area contributed by atoms with Crippen molar-refractivity contribution >= 4 is 22.9 Å². The van der Waals surface area contributed by atoms with Gasteiger partial charge in [-0.05, 0) is 30.7 Å². The number of aryl methyl sites for hydroxylation is 1. The Hall–Kier alpha value is -3.68. The molecule has 8 nitrogen and oxygen atoms in total. The maximum absolute atomic E-state index is 12.8. The van der Waals surface area contributed by atoms with E-state index in [9.17, 15) is 14.7 Å². The number of carbonyl (C=O) groups is 1. The molecule has 30 heavy (non-hydrogen) atoms. The molecule has 2 N–H and O–H groups in total. The maximum atomic E-state index is 12.8. The molecule has 0 fully saturated rings. The molecule has 0 atom stereocenters. The number of aromatic nitrogens is 2. The highest BCUT2D eigenvalue weighted by atomic mass is 16.5. The van der Waals surface area contributed by atoms with Crippen molar-refractivity contribution in [1.29, 1.82) is 0 Å². The number of fused-ring (bicyclic) bond motifs is 1. The summed E-state index contributed by atoms with van der Waals surface area (Å²) in [5.41, 5.74) is 2.70. The smallest absolute Gasteiger partial charge is 0.292 e. The summed E-state index contributed by atoms with van der Waals surface area (Å²) >= 11 is 0. The molecule has 2 aromatic carbocycles. The number of carbonyl (C=O) groups excluding carboxylic acids is 1. The van der Waals surface area contributed by atoms with Gasteiger partial charge in [0.1, 0.15) is 11.5 Å². The summed E-state index contributed by atoms with van der Waals surface area (Å²) in [5, 5.41) is 19.0. The van der Waals surface area contributed by atoms with Gasteiger partial charge in [-0.2, -0.15) is 10.2 Å². The van der Waals surface area contributed by atoms with E-state index in [1.807, 2.05) is 0 Å². The maximum Gasteiger partial charge on any atom is 0.292 e. The van der Waals surface area contributed by atoms with Gasteiger partial charge in [0.05, 0.1) is 18.7 Å². The minimum Gasteiger partial charge on any atom is -0.507 e. The minimum absolute atomic E-state index is 0.00171. The number of phenols is 1. The highest BCUT2D eigenvalue weighted by molar-refractivity contribution is 6.05. The summed E-state index contributed by atoms with van der Waals surface area (Å²) in [4.78, 5) is 25.5. The average molecular weight is 408 g/mol. The lowest BCUT2D eigenvalue weighted by atomic mass is 10.1. The fourth-order valence-electron chi connectivity index (χ4n) is 3.04. The first-order valence-corrected chi connectivity index (χ1v) is 9.75. The molecule has 0 spiro atoms. The van der Waals surface area contributed by atoms with Crippen LogP contribution in [0.2, 0.25) is 0 Å². The normalized spacial score (nSPS) is 11.1. The fraction of sp³-hybridized carbons (Fsp3) is 0.273. The van der Waals surface area contributed by atoms with Crippen LogP contribution in [0, 0.1) is 0 Å². The van der Waals surface area contributed by atoms with Gasteiger partial charge in [-0.3, -0.25) is 9.59 Å². The van der Waals surface area contributed by atoms with Crippen molar-refractivity contribution in [2.45, 2.75) is 32.7 Å². The van der Waals surface area contributed by atoms with Crippen LogP contribution in [0.3, 0.4) is 0 Å². The zero-order chi connectivity index (χ0) is 21.5. The summed E-state index contributed by atoms with van der Waals surface area (Å²) < 4.78 is 6.45. The first kappa shape index (κ1) is 21.0. The van der Waals surface area contributed by atoms with E-state index >= 15 is 0 Å². The molecule has 3 rings (SSSR count). The molecular weight excluding hydrogens is 384 g/mol. The highest BCUT2D eigenvalue weighted by Gasteiger charge is 2.16. The summed E-state index contributed by atoms with van der Waals surface area (Å²) in [7, 11) is 1.52. The number of hydrazone groups is 1. The van der Waals surface area contributed by atoms with Crippen molar-refractivity contribution < 1.29 is 14.6 Å². The number of nitrogens with one attached hydrogen (secondary N) is 1. The van der Waals surface area contributed by atoms with E-state index in [2.05, 4.69) is 22.5 Å². The van der Waals surface area contributed by atoms with Gasteiger partial charge in [0.25, 0.3) is 11.5 Å². The summed E-state index contributed by atoms with van der Waals surface area (Å²) in [6.07, 6.45) is 4.10. The lowest BCUT2D eigenvalue weighted by Crippen LogP contribution is -2.29. The molecule has 0 aliphatic rings. The second-order valence-electron chi connectivity index (χ2n) is 6.75. The number of phenolic OH excluding ortho intramolecular Hbond substituents is 1. The number of hydrogen-bond acceptors (Lipinski definition) is 6. The zero-order valence-corrected chi connectivity index (χ0v) is 17.0. The number of benzene rings is 2. The van der Waals surface area contributed by atoms with Gasteiger partial charge in [-0.25, -0.2) is 10.1 Å². The third-order valence-electron chi connectivity index (χ3n) is 4.66. The Bertz CT molecular complexity index is 1140. The lowest BCUT2D eigenvalue weighted by molar-refractivity contribution is 0.0949. The predicted molar refractivity (Wildman–Crippen MR) is 115 cm³/mol. The van der Waals surface area contributed by atoms with Gasteiger partial charge >= 0.3 is 0 Å². The SMILES string of the molecule is CCCCCn1nc(C(=O)N/N=C/c2cc(OC)ccc2O)c2ccccc2c1=O. The summed E-state index contributed by atoms with van der Waals surface area (Å²) in [6.45, 7) is 2.52. The Kier molecular flexibility index (Phi) is 6.79. The van der Waals surface area contributed by atoms with Crippen LogP contribution in [0.4, 0.5) is 0 Å². The quantitative estimate of drug-likeness (QED) is 0.339. The van der Waals surface area contributed by atoms with Crippen molar-refractivity contribution in [3.63, 3.8) is 0 Å². The van der Waals surface area contributed by atoms with E-state index in [1.165, 1.54) is 24.1 Å². The van der Waals surface area contributed by atoms with Gasteiger partial charge in [-0.1, -0.05) is 38.0 Å². The average Bonchev–Trinajstić information content (AvgIpc) is 2.76. The van der Waals surface area contributed by atoms with Crippen LogP contribution in [-0.2, 0) is 6.54 Å². The van der Waals surface area contributed by atoms with Crippen molar-refractivity contribution in [1.82, 2.24) is 15.2 Å². The van der Waals surface area contributed by atoms with Gasteiger partial charge in [-0.15, -0.1) is 0 Å². The van der Waals surface area contributed by atoms with Crippen LogP contribution in [0.5, 0.6) is 11.5 Å². The third kappa shape index (κ3) is 4.65. The Balaban J connectivity index is 1.89. The minimum atomic E-state index is -0.547. The Morgan fingerprint density at radius 3 is 2.73 bits per heavy atom. The number of amides is 1. The molecule has 156 valence electrons. The van der Waals surface area contributed by atoms with E-state index in [1.54, 1.807) is 36.4 Å². The van der Waals surface area contributed by atoms with Crippen molar-refractivity contribution in [2.75, 3.05) is 7.11 Å². The topological polar surface area (TPSA) is 106 Å². The Morgan fingerprint density at radius 1 is 1.23 bits per heavy atom. The molecule has 3 aromatic rings. The molecule has 0 aliphatic heterocycles. The molecule has 8 heteroatoms. The summed E-state index contributed by atoms with van der Waals surface area (Å²) in [5.74, 6) is 0.00307. The molecule has 0 aliphatic carbocycles. The molecule has 1 aromatic heterocycles. The fourth-order valence-corrected chi connectivity index (χ4v) is 3.04. The highest BCUT2D eigenvalue weighted by Crippen LogP contribution is 2.21. The van der Waals surface area contributed by atoms with E-state index in [0.717, 1.165) is 19.3 Å². The Morgan fingerprint density at radius 2 is 2.00 bits per heavy atom. The Labute approximate surface area is 173 Å². The van der Waals surface area contributed by atoms with Gasteiger partial charge in [0, 0.05) is 17.5 Å². The monoisotopic (exact) mass is 408 g/mol. The van der Waals surface area contributed by atoms with Crippen LogP contribution >= 0.6 is 0 Å². The standard InChI is InChI=1S/C22H24N4O4/c1-3-4-7-12-26-22(29)18-9-6-5-8-17(18)20(25-26)21(28)24-23-14-15-13-16(30-2)10-11-19(15)27/h5-6,8-11,13-14,27H,3-4,7,12H2,1-2H3,(H,24,28)/b23-14+. The first-order chi connectivity index (χ1) is 14.5. The molecule has 1 amide bonds. The van der Waals surface area contributed by atoms with Gasteiger partial charge < -0.3 is 9.84 Å². The van der Waals surface area contributed by atoms with Crippen molar-refractivity contribution in [3.8, 4) is 11.5 Å². The number of methoxy groups -OCH3 is 1. The van der Waals surface area contributed by atoms with Gasteiger partial charge in [0.15, 0.2) is 5.69 Å². The van der Waals surface area contributed by atoms with E-state index in [-0.39, 0.29) is 17.0 Å². The van der Waals surface area contributed by atoms with Crippen LogP contribution in [0.25, 0.3) is 10.8 Å². The van der Waals surface area contributed by atoms with Crippen molar-refractivity contribution in [2.24, 2.45) is 5.10 Å². The number of nitrogens with zero attached hydrogens (tertiary/aromatic N) is 3. The molecule has 0 saturated heterocycles. The molecule has 0 radical (unpaired) electrons. The first-order valence-electron chi connectivity index (χ1n) is 9.75. The molecule has 0 bridgehead atoms. The van der Waals surface area contributed by atoms with Crippen LogP contribution in [0.15, 0.2) is 52.4 Å². The third-order valence-corrected chi connectivity index (χ3v) is 4.66. The number of rotatable bonds is 8. The van der Waals surface area contributed by atoms with E-state index in [0.29, 0.717) is 28.6 Å². The summed E-state index contributed by atoms with van der Waals surface area (Å²) in [6, 6.07) is 11.6. The van der Waals surface area contributed by atoms with Crippen molar-refractivity contribution in [3.05, 3.63) is 64.1 Å². The zero-order valence-electron chi connectivity index (χ0n) is 17.0. The molecule has 0 saturated carbocycles. The van der Waals surface area contributed by atoms with Crippen LogP contribution in [0.1, 0.15) is 42.2 Å². The predicted octanol–water partition coefficient (Wildman–Crippen LogP) is 3.06. The second-order valence-corrected chi connectivity index (χ2v) is 6.75. The van der Waals surface area contributed by atoms with E-state index in [4.69, 9.17) is 4.74 Å². The number of ether oxygens (including phenoxy) is 1. The van der Waals surface area contributed by atoms with Crippen LogP contribution in [-0.4, -0.2) is 34.1 Å². The van der Waals surface area contributed by atoms with Gasteiger partial charge in [0.2, 0.25) is 0 Å². The van der Waals surface area contributed by atoms with E-state index < -0.39 is 5.91 Å². The molecular formula is C22H24N4O4. The number of hydrogen-bond donors (Lipinski definition) is 2. The molecule has 0 unspecified atom stereocenters.